The molecule has 1 aliphatic heterocycles. The molecule has 1 amide bonds. The molecule has 0 bridgehead atoms. The van der Waals surface area contributed by atoms with Gasteiger partial charge in [0.05, 0.1) is 0 Å². The van der Waals surface area contributed by atoms with Gasteiger partial charge in [0, 0.05) is 12.5 Å². The molecule has 1 saturated heterocycles. The first-order valence-corrected chi connectivity index (χ1v) is 6.74. The van der Waals surface area contributed by atoms with Gasteiger partial charge in [-0.15, -0.1) is 0 Å². The Bertz CT molecular complexity index is 319. The van der Waals surface area contributed by atoms with Crippen molar-refractivity contribution in [3.8, 4) is 0 Å². The van der Waals surface area contributed by atoms with Crippen LogP contribution in [-0.2, 0) is 9.59 Å². The molecule has 2 unspecified atom stereocenters. The van der Waals surface area contributed by atoms with Crippen LogP contribution < -0.4 is 5.73 Å². The van der Waals surface area contributed by atoms with Gasteiger partial charge in [0.2, 0.25) is 5.91 Å². The zero-order chi connectivity index (χ0) is 13.8. The molecule has 1 fully saturated rings. The number of carbonyl (C=O) groups excluding carboxylic acids is 1. The molecule has 18 heavy (non-hydrogen) atoms. The van der Waals surface area contributed by atoms with E-state index in [-0.39, 0.29) is 11.8 Å². The maximum absolute atomic E-state index is 12.3. The number of carbonyl (C=O) groups is 2. The molecule has 0 aromatic carbocycles. The SMILES string of the molecule is CCCC1(C(=O)O)CCCN1C(=O)C(C)CCN. The number of likely N-dealkylation sites (tertiary alicyclic amines) is 1. The van der Waals surface area contributed by atoms with E-state index in [2.05, 4.69) is 0 Å². The molecule has 1 rings (SSSR count). The lowest BCUT2D eigenvalue weighted by Crippen LogP contribution is -2.54. The van der Waals surface area contributed by atoms with Crippen LogP contribution in [-0.4, -0.2) is 40.5 Å². The summed E-state index contributed by atoms with van der Waals surface area (Å²) in [5.74, 6) is -1.12. The number of hydrogen-bond acceptors (Lipinski definition) is 3. The molecular formula is C13H24N2O3. The van der Waals surface area contributed by atoms with E-state index >= 15 is 0 Å². The summed E-state index contributed by atoms with van der Waals surface area (Å²) >= 11 is 0. The van der Waals surface area contributed by atoms with Crippen molar-refractivity contribution in [1.29, 1.82) is 0 Å². The Labute approximate surface area is 108 Å². The summed E-state index contributed by atoms with van der Waals surface area (Å²) in [5.41, 5.74) is 4.49. The van der Waals surface area contributed by atoms with Gasteiger partial charge in [-0.25, -0.2) is 4.79 Å². The fourth-order valence-electron chi connectivity index (χ4n) is 2.84. The Morgan fingerprint density at radius 1 is 1.50 bits per heavy atom. The Balaban J connectivity index is 2.91. The maximum Gasteiger partial charge on any atom is 0.329 e. The molecule has 1 aliphatic rings. The van der Waals surface area contributed by atoms with Crippen molar-refractivity contribution in [3.05, 3.63) is 0 Å². The zero-order valence-corrected chi connectivity index (χ0v) is 11.3. The Hall–Kier alpha value is -1.10. The van der Waals surface area contributed by atoms with Gasteiger partial charge in [-0.05, 0) is 32.2 Å². The summed E-state index contributed by atoms with van der Waals surface area (Å²) in [6.45, 7) is 4.79. The number of carboxylic acids is 1. The zero-order valence-electron chi connectivity index (χ0n) is 11.3. The van der Waals surface area contributed by atoms with E-state index in [1.807, 2.05) is 13.8 Å². The van der Waals surface area contributed by atoms with Gasteiger partial charge >= 0.3 is 5.97 Å². The first kappa shape index (κ1) is 15.0. The van der Waals surface area contributed by atoms with Crippen LogP contribution in [0.15, 0.2) is 0 Å². The molecule has 3 N–H and O–H groups in total. The van der Waals surface area contributed by atoms with Crippen molar-refractivity contribution in [2.24, 2.45) is 11.7 Å². The Morgan fingerprint density at radius 2 is 2.17 bits per heavy atom. The van der Waals surface area contributed by atoms with Gasteiger partial charge in [0.15, 0.2) is 0 Å². The van der Waals surface area contributed by atoms with Gasteiger partial charge in [0.25, 0.3) is 0 Å². The molecule has 0 saturated carbocycles. The first-order chi connectivity index (χ1) is 8.49. The minimum Gasteiger partial charge on any atom is -0.479 e. The topological polar surface area (TPSA) is 83.6 Å². The summed E-state index contributed by atoms with van der Waals surface area (Å²) in [5, 5.41) is 9.51. The van der Waals surface area contributed by atoms with E-state index in [0.29, 0.717) is 32.4 Å². The van der Waals surface area contributed by atoms with Crippen LogP contribution in [0.2, 0.25) is 0 Å². The van der Waals surface area contributed by atoms with Gasteiger partial charge in [-0.3, -0.25) is 4.79 Å². The van der Waals surface area contributed by atoms with Crippen molar-refractivity contribution in [2.75, 3.05) is 13.1 Å². The highest BCUT2D eigenvalue weighted by Gasteiger charge is 2.49. The number of nitrogens with two attached hydrogens (primary N) is 1. The monoisotopic (exact) mass is 256 g/mol. The average molecular weight is 256 g/mol. The van der Waals surface area contributed by atoms with Crippen molar-refractivity contribution >= 4 is 11.9 Å². The summed E-state index contributed by atoms with van der Waals surface area (Å²) in [4.78, 5) is 25.5. The highest BCUT2D eigenvalue weighted by Crippen LogP contribution is 2.35. The summed E-state index contributed by atoms with van der Waals surface area (Å²) in [6, 6.07) is 0. The molecule has 5 heteroatoms. The van der Waals surface area contributed by atoms with Crippen molar-refractivity contribution in [1.82, 2.24) is 4.90 Å². The second-order valence-electron chi connectivity index (χ2n) is 5.16. The van der Waals surface area contributed by atoms with Crippen LogP contribution in [0.25, 0.3) is 0 Å². The van der Waals surface area contributed by atoms with Crippen molar-refractivity contribution in [2.45, 2.75) is 51.5 Å². The Morgan fingerprint density at radius 3 is 2.67 bits per heavy atom. The summed E-state index contributed by atoms with van der Waals surface area (Å²) in [7, 11) is 0. The van der Waals surface area contributed by atoms with Gasteiger partial charge in [0.1, 0.15) is 5.54 Å². The molecule has 0 aliphatic carbocycles. The molecule has 0 aromatic heterocycles. The predicted octanol–water partition coefficient (Wildman–Crippen LogP) is 1.22. The molecule has 2 atom stereocenters. The molecule has 104 valence electrons. The molecule has 0 radical (unpaired) electrons. The van der Waals surface area contributed by atoms with E-state index in [1.54, 1.807) is 4.90 Å². The number of carboxylic acid groups (broad SMARTS) is 1. The maximum atomic E-state index is 12.3. The van der Waals surface area contributed by atoms with Crippen LogP contribution in [0.4, 0.5) is 0 Å². The third-order valence-electron chi connectivity index (χ3n) is 3.84. The van der Waals surface area contributed by atoms with Crippen molar-refractivity contribution in [3.63, 3.8) is 0 Å². The number of hydrogen-bond donors (Lipinski definition) is 2. The lowest BCUT2D eigenvalue weighted by molar-refractivity contribution is -0.158. The highest BCUT2D eigenvalue weighted by molar-refractivity contribution is 5.88. The Kier molecular flexibility index (Phi) is 5.14. The molecule has 5 nitrogen and oxygen atoms in total. The van der Waals surface area contributed by atoms with E-state index in [9.17, 15) is 14.7 Å². The fourth-order valence-corrected chi connectivity index (χ4v) is 2.84. The van der Waals surface area contributed by atoms with Crippen LogP contribution in [0.5, 0.6) is 0 Å². The minimum absolute atomic E-state index is 0.0613. The molecule has 1 heterocycles. The first-order valence-electron chi connectivity index (χ1n) is 6.74. The van der Waals surface area contributed by atoms with Crippen LogP contribution in [0.1, 0.15) is 46.0 Å². The van der Waals surface area contributed by atoms with Crippen LogP contribution in [0.3, 0.4) is 0 Å². The summed E-state index contributed by atoms with van der Waals surface area (Å²) < 4.78 is 0. The summed E-state index contributed by atoms with van der Waals surface area (Å²) in [6.07, 6.45) is 3.24. The van der Waals surface area contributed by atoms with Gasteiger partial charge < -0.3 is 15.7 Å². The second kappa shape index (κ2) is 6.18. The van der Waals surface area contributed by atoms with Crippen LogP contribution >= 0.6 is 0 Å². The fraction of sp³-hybridized carbons (Fsp3) is 0.846. The van der Waals surface area contributed by atoms with E-state index < -0.39 is 11.5 Å². The van der Waals surface area contributed by atoms with E-state index in [1.165, 1.54) is 0 Å². The normalized spacial score (nSPS) is 25.2. The third kappa shape index (κ3) is 2.66. The smallest absolute Gasteiger partial charge is 0.329 e. The molecular weight excluding hydrogens is 232 g/mol. The van der Waals surface area contributed by atoms with E-state index in [4.69, 9.17) is 5.73 Å². The predicted molar refractivity (Wildman–Crippen MR) is 69.1 cm³/mol. The number of aliphatic carboxylic acids is 1. The lowest BCUT2D eigenvalue weighted by Gasteiger charge is -2.36. The third-order valence-corrected chi connectivity index (χ3v) is 3.84. The second-order valence-corrected chi connectivity index (χ2v) is 5.16. The van der Waals surface area contributed by atoms with Gasteiger partial charge in [-0.2, -0.15) is 0 Å². The molecule has 0 spiro atoms. The molecule has 0 aromatic rings. The average Bonchev–Trinajstić information content (AvgIpc) is 2.74. The number of nitrogens with zero attached hydrogens (tertiary/aromatic N) is 1. The minimum atomic E-state index is -0.977. The number of rotatable bonds is 6. The van der Waals surface area contributed by atoms with E-state index in [0.717, 1.165) is 12.8 Å². The van der Waals surface area contributed by atoms with Gasteiger partial charge in [-0.1, -0.05) is 20.3 Å². The largest absolute Gasteiger partial charge is 0.479 e. The van der Waals surface area contributed by atoms with Crippen LogP contribution in [0, 0.1) is 5.92 Å². The lowest BCUT2D eigenvalue weighted by atomic mass is 9.89. The number of amides is 1. The quantitative estimate of drug-likeness (QED) is 0.748. The standard InChI is InChI=1S/C13H24N2O3/c1-3-6-13(12(17)18)7-4-9-15(13)11(16)10(2)5-8-14/h10H,3-9,14H2,1-2H3,(H,17,18). The van der Waals surface area contributed by atoms with Crippen molar-refractivity contribution < 1.29 is 14.7 Å². The highest BCUT2D eigenvalue weighted by atomic mass is 16.4.